The Kier molecular flexibility index (Phi) is 3.19. The Balaban J connectivity index is 1.87. The lowest BCUT2D eigenvalue weighted by molar-refractivity contribution is -0.131. The lowest BCUT2D eigenvalue weighted by Gasteiger charge is -2.32. The lowest BCUT2D eigenvalue weighted by Crippen LogP contribution is -2.40. The third-order valence-corrected chi connectivity index (χ3v) is 6.22. The van der Waals surface area contributed by atoms with Crippen molar-refractivity contribution in [3.8, 4) is 0 Å². The molecule has 3 nitrogen and oxygen atoms in total. The van der Waals surface area contributed by atoms with Crippen molar-refractivity contribution in [2.24, 2.45) is 0 Å². The van der Waals surface area contributed by atoms with Crippen LogP contribution in [-0.2, 0) is 4.79 Å². The molecule has 2 fully saturated rings. The molecule has 2 heterocycles. The first-order valence-electron chi connectivity index (χ1n) is 6.65. The quantitative estimate of drug-likeness (QED) is 0.927. The molecule has 1 saturated heterocycles. The molecule has 19 heavy (non-hydrogen) atoms. The van der Waals surface area contributed by atoms with E-state index in [2.05, 4.69) is 47.8 Å². The molecule has 3 rings (SSSR count). The van der Waals surface area contributed by atoms with Gasteiger partial charge in [0, 0.05) is 16.2 Å². The van der Waals surface area contributed by atoms with Crippen LogP contribution in [0.5, 0.6) is 0 Å². The van der Waals surface area contributed by atoms with E-state index < -0.39 is 0 Å². The molecule has 1 amide bonds. The zero-order valence-corrected chi connectivity index (χ0v) is 13.2. The maximum Gasteiger partial charge on any atom is 0.244 e. The van der Waals surface area contributed by atoms with Crippen molar-refractivity contribution in [2.75, 3.05) is 12.8 Å². The van der Waals surface area contributed by atoms with Gasteiger partial charge in [-0.3, -0.25) is 10.1 Å². The molecule has 1 spiro atoms. The van der Waals surface area contributed by atoms with Gasteiger partial charge in [-0.1, -0.05) is 6.07 Å². The summed E-state index contributed by atoms with van der Waals surface area (Å²) in [6.45, 7) is 5.20. The molecule has 104 valence electrons. The Hall–Kier alpha value is -0.520. The molecule has 0 bridgehead atoms. The van der Waals surface area contributed by atoms with Gasteiger partial charge in [0.25, 0.3) is 0 Å². The summed E-state index contributed by atoms with van der Waals surface area (Å²) in [6, 6.07) is 4.18. The van der Waals surface area contributed by atoms with Crippen LogP contribution in [0.4, 0.5) is 0 Å². The van der Waals surface area contributed by atoms with Crippen LogP contribution in [-0.4, -0.2) is 33.9 Å². The van der Waals surface area contributed by atoms with Crippen LogP contribution < -0.4 is 5.32 Å². The number of carbonyl (C=O) groups excluding carboxylic acids is 1. The third-order valence-electron chi connectivity index (χ3n) is 4.06. The number of amides is 1. The first-order chi connectivity index (χ1) is 8.97. The molecule has 1 aromatic heterocycles. The number of thioether (sulfide) groups is 1. The molecular weight excluding hydrogens is 276 g/mol. The van der Waals surface area contributed by atoms with Crippen LogP contribution in [0.15, 0.2) is 17.5 Å². The molecule has 1 saturated carbocycles. The monoisotopic (exact) mass is 296 g/mol. The molecule has 1 aromatic rings. The molecule has 0 radical (unpaired) electrons. The predicted octanol–water partition coefficient (Wildman–Crippen LogP) is 2.85. The molecule has 5 heteroatoms. The molecule has 1 aliphatic carbocycles. The van der Waals surface area contributed by atoms with Gasteiger partial charge in [0.05, 0.1) is 0 Å². The summed E-state index contributed by atoms with van der Waals surface area (Å²) in [4.78, 5) is 15.9. The predicted molar refractivity (Wildman–Crippen MR) is 81.5 cm³/mol. The fourth-order valence-corrected chi connectivity index (χ4v) is 3.64. The van der Waals surface area contributed by atoms with E-state index in [1.165, 1.54) is 4.88 Å². The highest BCUT2D eigenvalue weighted by molar-refractivity contribution is 7.99. The Morgan fingerprint density at radius 1 is 1.58 bits per heavy atom. The average molecular weight is 296 g/mol. The SMILES string of the molecule is CSC(C)(C)CN1C(=O)C2(CC2)NC1c1cccs1. The van der Waals surface area contributed by atoms with Crippen LogP contribution >= 0.6 is 23.1 Å². The van der Waals surface area contributed by atoms with Crippen molar-refractivity contribution in [3.63, 3.8) is 0 Å². The summed E-state index contributed by atoms with van der Waals surface area (Å²) in [5.41, 5.74) is -0.233. The van der Waals surface area contributed by atoms with Gasteiger partial charge in [0.2, 0.25) is 5.91 Å². The molecule has 1 aliphatic heterocycles. The first-order valence-corrected chi connectivity index (χ1v) is 8.75. The average Bonchev–Trinajstić information content (AvgIpc) is 2.86. The number of carbonyl (C=O) groups is 1. The van der Waals surface area contributed by atoms with E-state index in [1.807, 2.05) is 11.8 Å². The fourth-order valence-electron chi connectivity index (χ4n) is 2.59. The van der Waals surface area contributed by atoms with Gasteiger partial charge in [0.1, 0.15) is 11.7 Å². The summed E-state index contributed by atoms with van der Waals surface area (Å²) in [7, 11) is 0. The molecule has 1 atom stereocenters. The van der Waals surface area contributed by atoms with Crippen LogP contribution in [0.3, 0.4) is 0 Å². The Morgan fingerprint density at radius 3 is 2.84 bits per heavy atom. The summed E-state index contributed by atoms with van der Waals surface area (Å²) < 4.78 is 0.0905. The van der Waals surface area contributed by atoms with Crippen molar-refractivity contribution < 1.29 is 4.79 Å². The highest BCUT2D eigenvalue weighted by atomic mass is 32.2. The zero-order valence-electron chi connectivity index (χ0n) is 11.6. The summed E-state index contributed by atoms with van der Waals surface area (Å²) in [5, 5.41) is 5.65. The second-order valence-corrected chi connectivity index (χ2v) is 8.53. The highest BCUT2D eigenvalue weighted by Gasteiger charge is 2.59. The first kappa shape index (κ1) is 13.5. The van der Waals surface area contributed by atoms with E-state index in [0.717, 1.165) is 19.4 Å². The van der Waals surface area contributed by atoms with Crippen molar-refractivity contribution >= 4 is 29.0 Å². The molecule has 1 N–H and O–H groups in total. The van der Waals surface area contributed by atoms with Gasteiger partial charge < -0.3 is 4.90 Å². The Bertz CT molecular complexity index is 480. The number of thiophene rings is 1. The van der Waals surface area contributed by atoms with Crippen molar-refractivity contribution in [1.29, 1.82) is 0 Å². The van der Waals surface area contributed by atoms with Crippen LogP contribution in [0.1, 0.15) is 37.7 Å². The normalized spacial score (nSPS) is 25.3. The number of nitrogens with one attached hydrogen (secondary N) is 1. The minimum Gasteiger partial charge on any atom is -0.319 e. The van der Waals surface area contributed by atoms with Crippen LogP contribution in [0.25, 0.3) is 0 Å². The largest absolute Gasteiger partial charge is 0.319 e. The number of nitrogens with zero attached hydrogens (tertiary/aromatic N) is 1. The van der Waals surface area contributed by atoms with E-state index in [0.29, 0.717) is 5.91 Å². The van der Waals surface area contributed by atoms with E-state index in [1.54, 1.807) is 11.3 Å². The van der Waals surface area contributed by atoms with E-state index in [-0.39, 0.29) is 16.5 Å². The standard InChI is InChI=1S/C14H20N2OS2/c1-13(2,18-3)9-16-11(10-5-4-8-19-10)15-14(6-7-14)12(16)17/h4-5,8,11,15H,6-7,9H2,1-3H3. The number of hydrogen-bond donors (Lipinski definition) is 1. The lowest BCUT2D eigenvalue weighted by atomic mass is 10.1. The zero-order chi connectivity index (χ0) is 13.7. The second-order valence-electron chi connectivity index (χ2n) is 6.04. The maximum atomic E-state index is 12.6. The van der Waals surface area contributed by atoms with Crippen molar-refractivity contribution in [1.82, 2.24) is 10.2 Å². The minimum absolute atomic E-state index is 0.0708. The van der Waals surface area contributed by atoms with Crippen molar-refractivity contribution in [3.05, 3.63) is 22.4 Å². The summed E-state index contributed by atoms with van der Waals surface area (Å²) in [5.74, 6) is 0.299. The topological polar surface area (TPSA) is 32.3 Å². The molecule has 1 unspecified atom stereocenters. The molecular formula is C14H20N2OS2. The molecule has 0 aromatic carbocycles. The minimum atomic E-state index is -0.233. The summed E-state index contributed by atoms with van der Waals surface area (Å²) in [6.07, 6.45) is 4.16. The number of hydrogen-bond acceptors (Lipinski definition) is 4. The van der Waals surface area contributed by atoms with Gasteiger partial charge in [-0.2, -0.15) is 11.8 Å². The maximum absolute atomic E-state index is 12.6. The highest BCUT2D eigenvalue weighted by Crippen LogP contribution is 2.47. The Labute approximate surface area is 122 Å². The smallest absolute Gasteiger partial charge is 0.244 e. The van der Waals surface area contributed by atoms with Crippen LogP contribution in [0, 0.1) is 0 Å². The van der Waals surface area contributed by atoms with E-state index in [4.69, 9.17) is 0 Å². The van der Waals surface area contributed by atoms with E-state index in [9.17, 15) is 4.79 Å². The van der Waals surface area contributed by atoms with Gasteiger partial charge >= 0.3 is 0 Å². The second kappa shape index (κ2) is 4.50. The fraction of sp³-hybridized carbons (Fsp3) is 0.643. The van der Waals surface area contributed by atoms with Crippen molar-refractivity contribution in [2.45, 2.75) is 43.1 Å². The van der Waals surface area contributed by atoms with Gasteiger partial charge in [-0.05, 0) is 44.4 Å². The molecule has 2 aliphatic rings. The van der Waals surface area contributed by atoms with Crippen LogP contribution in [0.2, 0.25) is 0 Å². The number of rotatable bonds is 4. The third kappa shape index (κ3) is 2.32. The van der Waals surface area contributed by atoms with E-state index >= 15 is 0 Å². The van der Waals surface area contributed by atoms with Gasteiger partial charge in [0.15, 0.2) is 0 Å². The Morgan fingerprint density at radius 2 is 2.32 bits per heavy atom. The van der Waals surface area contributed by atoms with Gasteiger partial charge in [-0.25, -0.2) is 0 Å². The van der Waals surface area contributed by atoms with Gasteiger partial charge in [-0.15, -0.1) is 11.3 Å². The summed E-state index contributed by atoms with van der Waals surface area (Å²) >= 11 is 3.54.